The first-order valence-corrected chi connectivity index (χ1v) is 9.10. The summed E-state index contributed by atoms with van der Waals surface area (Å²) in [5.41, 5.74) is -0.385. The maximum Gasteiger partial charge on any atom is 0.218 e. The Morgan fingerprint density at radius 1 is 1.23 bits per heavy atom. The summed E-state index contributed by atoms with van der Waals surface area (Å²) in [6, 6.07) is 3.38. The number of fused-ring (bicyclic) bond motifs is 1. The Morgan fingerprint density at radius 3 is 2.68 bits per heavy atom. The average molecular weight is 331 g/mol. The summed E-state index contributed by atoms with van der Waals surface area (Å²) in [6.45, 7) is 1.46. The molecule has 2 atom stereocenters. The molecule has 0 bridgehead atoms. The molecule has 2 aliphatic rings. The van der Waals surface area contributed by atoms with Gasteiger partial charge in [0.15, 0.2) is 0 Å². The molecule has 1 aromatic rings. The fourth-order valence-electron chi connectivity index (χ4n) is 3.25. The topological polar surface area (TPSA) is 46.6 Å². The van der Waals surface area contributed by atoms with Crippen LogP contribution in [0.25, 0.3) is 0 Å². The number of rotatable bonds is 3. The highest BCUT2D eigenvalue weighted by molar-refractivity contribution is 7.88. The predicted octanol–water partition coefficient (Wildman–Crippen LogP) is 2.30. The standard InChI is InChI=1S/C15H19F2NO3S/c16-13-4-1-5-14(17)12(13)10-22(19,20)18-7-6-15-11(9-18)3-2-8-21-15/h1,4-5,11,15H,2-3,6-10H2/t11-,15+/m1/s1. The average Bonchev–Trinajstić information content (AvgIpc) is 2.50. The number of piperidine rings is 1. The minimum Gasteiger partial charge on any atom is -0.378 e. The Kier molecular flexibility index (Phi) is 4.47. The van der Waals surface area contributed by atoms with E-state index < -0.39 is 27.4 Å². The van der Waals surface area contributed by atoms with Gasteiger partial charge in [0.05, 0.1) is 11.9 Å². The van der Waals surface area contributed by atoms with Gasteiger partial charge in [-0.1, -0.05) is 6.07 Å². The van der Waals surface area contributed by atoms with E-state index in [-0.39, 0.29) is 17.6 Å². The molecule has 1 aromatic carbocycles. The summed E-state index contributed by atoms with van der Waals surface area (Å²) in [5, 5.41) is 0. The zero-order valence-corrected chi connectivity index (χ0v) is 13.0. The van der Waals surface area contributed by atoms with E-state index in [2.05, 4.69) is 0 Å². The molecule has 122 valence electrons. The minimum atomic E-state index is -3.73. The second kappa shape index (κ2) is 6.22. The van der Waals surface area contributed by atoms with Crippen LogP contribution in [-0.2, 0) is 20.5 Å². The Balaban J connectivity index is 1.76. The molecule has 0 aliphatic carbocycles. The summed E-state index contributed by atoms with van der Waals surface area (Å²) in [6.07, 6.45) is 2.62. The number of ether oxygens (including phenoxy) is 1. The Bertz CT molecular complexity index is 630. The second-order valence-electron chi connectivity index (χ2n) is 5.91. The van der Waals surface area contributed by atoms with Gasteiger partial charge in [-0.2, -0.15) is 0 Å². The molecule has 0 unspecified atom stereocenters. The van der Waals surface area contributed by atoms with Crippen LogP contribution in [0.2, 0.25) is 0 Å². The third kappa shape index (κ3) is 3.16. The van der Waals surface area contributed by atoms with Crippen molar-refractivity contribution in [1.29, 1.82) is 0 Å². The zero-order valence-electron chi connectivity index (χ0n) is 12.2. The monoisotopic (exact) mass is 331 g/mol. The number of halogens is 2. The molecule has 2 saturated heterocycles. The number of benzene rings is 1. The van der Waals surface area contributed by atoms with Crippen LogP contribution in [0.3, 0.4) is 0 Å². The molecule has 0 saturated carbocycles. The molecular weight excluding hydrogens is 312 g/mol. The van der Waals surface area contributed by atoms with E-state index in [1.165, 1.54) is 10.4 Å². The van der Waals surface area contributed by atoms with Crippen LogP contribution in [0.15, 0.2) is 18.2 Å². The number of hydrogen-bond donors (Lipinski definition) is 0. The van der Waals surface area contributed by atoms with E-state index in [0.717, 1.165) is 31.6 Å². The van der Waals surface area contributed by atoms with Gasteiger partial charge in [-0.05, 0) is 37.3 Å². The van der Waals surface area contributed by atoms with E-state index in [0.29, 0.717) is 19.5 Å². The van der Waals surface area contributed by atoms with Gasteiger partial charge in [0.25, 0.3) is 0 Å². The third-order valence-electron chi connectivity index (χ3n) is 4.46. The molecule has 2 fully saturated rings. The minimum absolute atomic E-state index is 0.116. The van der Waals surface area contributed by atoms with Gasteiger partial charge >= 0.3 is 0 Å². The Hall–Kier alpha value is -1.05. The lowest BCUT2D eigenvalue weighted by Gasteiger charge is -2.40. The van der Waals surface area contributed by atoms with Crippen LogP contribution < -0.4 is 0 Å². The summed E-state index contributed by atoms with van der Waals surface area (Å²) < 4.78 is 59.3. The zero-order chi connectivity index (χ0) is 15.7. The summed E-state index contributed by atoms with van der Waals surface area (Å²) in [7, 11) is -3.73. The van der Waals surface area contributed by atoms with Crippen LogP contribution in [0.5, 0.6) is 0 Å². The second-order valence-corrected chi connectivity index (χ2v) is 7.88. The Morgan fingerprint density at radius 2 is 1.95 bits per heavy atom. The molecule has 2 aliphatic heterocycles. The molecule has 22 heavy (non-hydrogen) atoms. The molecule has 0 radical (unpaired) electrons. The van der Waals surface area contributed by atoms with Crippen molar-refractivity contribution < 1.29 is 21.9 Å². The number of nitrogens with zero attached hydrogens (tertiary/aromatic N) is 1. The van der Waals surface area contributed by atoms with Crippen LogP contribution in [0.4, 0.5) is 8.78 Å². The van der Waals surface area contributed by atoms with Gasteiger partial charge in [0.1, 0.15) is 11.6 Å². The van der Waals surface area contributed by atoms with Crippen molar-refractivity contribution in [2.24, 2.45) is 5.92 Å². The van der Waals surface area contributed by atoms with Crippen LogP contribution in [0, 0.1) is 17.6 Å². The van der Waals surface area contributed by atoms with Crippen molar-refractivity contribution in [3.8, 4) is 0 Å². The molecule has 3 rings (SSSR count). The molecular formula is C15H19F2NO3S. The first kappa shape index (κ1) is 15.8. The van der Waals surface area contributed by atoms with Gasteiger partial charge in [-0.25, -0.2) is 21.5 Å². The van der Waals surface area contributed by atoms with Crippen molar-refractivity contribution in [2.75, 3.05) is 19.7 Å². The fourth-order valence-corrected chi connectivity index (χ4v) is 4.88. The highest BCUT2D eigenvalue weighted by Crippen LogP contribution is 2.30. The van der Waals surface area contributed by atoms with Crippen molar-refractivity contribution in [2.45, 2.75) is 31.1 Å². The van der Waals surface area contributed by atoms with Gasteiger partial charge < -0.3 is 4.74 Å². The van der Waals surface area contributed by atoms with E-state index in [4.69, 9.17) is 4.74 Å². The predicted molar refractivity (Wildman–Crippen MR) is 77.6 cm³/mol. The van der Waals surface area contributed by atoms with Gasteiger partial charge in [-0.15, -0.1) is 0 Å². The molecule has 0 N–H and O–H groups in total. The lowest BCUT2D eigenvalue weighted by atomic mass is 9.90. The third-order valence-corrected chi connectivity index (χ3v) is 6.23. The van der Waals surface area contributed by atoms with Crippen molar-refractivity contribution >= 4 is 10.0 Å². The quantitative estimate of drug-likeness (QED) is 0.854. The normalized spacial score (nSPS) is 26.6. The first-order chi connectivity index (χ1) is 10.5. The SMILES string of the molecule is O=S(=O)(Cc1c(F)cccc1F)N1CC[C@@H]2OCCC[C@@H]2C1. The number of hydrogen-bond acceptors (Lipinski definition) is 3. The van der Waals surface area contributed by atoms with E-state index in [1.54, 1.807) is 0 Å². The maximum absolute atomic E-state index is 13.7. The number of sulfonamides is 1. The molecule has 7 heteroatoms. The van der Waals surface area contributed by atoms with Crippen molar-refractivity contribution in [3.63, 3.8) is 0 Å². The van der Waals surface area contributed by atoms with Gasteiger partial charge in [-0.3, -0.25) is 0 Å². The molecule has 4 nitrogen and oxygen atoms in total. The summed E-state index contributed by atoms with van der Waals surface area (Å²) in [4.78, 5) is 0. The first-order valence-electron chi connectivity index (χ1n) is 7.50. The van der Waals surface area contributed by atoms with Gasteiger partial charge in [0, 0.05) is 25.3 Å². The Labute approximate surface area is 129 Å². The lowest BCUT2D eigenvalue weighted by molar-refractivity contribution is -0.0534. The lowest BCUT2D eigenvalue weighted by Crippen LogP contribution is -2.48. The van der Waals surface area contributed by atoms with Gasteiger partial charge in [0.2, 0.25) is 10.0 Å². The van der Waals surface area contributed by atoms with Crippen molar-refractivity contribution in [3.05, 3.63) is 35.4 Å². The molecule has 0 spiro atoms. The molecule has 0 aromatic heterocycles. The smallest absolute Gasteiger partial charge is 0.218 e. The highest BCUT2D eigenvalue weighted by atomic mass is 32.2. The summed E-state index contributed by atoms with van der Waals surface area (Å²) in [5.74, 6) is -2.09. The maximum atomic E-state index is 13.7. The largest absolute Gasteiger partial charge is 0.378 e. The molecule has 2 heterocycles. The van der Waals surface area contributed by atoms with Crippen LogP contribution in [-0.4, -0.2) is 38.5 Å². The van der Waals surface area contributed by atoms with E-state index >= 15 is 0 Å². The van der Waals surface area contributed by atoms with E-state index in [9.17, 15) is 17.2 Å². The summed E-state index contributed by atoms with van der Waals surface area (Å²) >= 11 is 0. The van der Waals surface area contributed by atoms with Crippen molar-refractivity contribution in [1.82, 2.24) is 4.31 Å². The molecule has 0 amide bonds. The fraction of sp³-hybridized carbons (Fsp3) is 0.600. The van der Waals surface area contributed by atoms with E-state index in [1.807, 2.05) is 0 Å². The van der Waals surface area contributed by atoms with Crippen LogP contribution >= 0.6 is 0 Å². The highest BCUT2D eigenvalue weighted by Gasteiger charge is 2.37. The van der Waals surface area contributed by atoms with Crippen LogP contribution in [0.1, 0.15) is 24.8 Å².